The van der Waals surface area contributed by atoms with Crippen molar-refractivity contribution < 1.29 is 14.3 Å². The Morgan fingerprint density at radius 3 is 2.48 bits per heavy atom. The van der Waals surface area contributed by atoms with E-state index < -0.39 is 6.10 Å². The predicted octanol–water partition coefficient (Wildman–Crippen LogP) is 3.18. The van der Waals surface area contributed by atoms with Crippen LogP contribution in [0, 0.1) is 0 Å². The molecule has 1 aliphatic heterocycles. The molecule has 2 rings (SSSR count). The van der Waals surface area contributed by atoms with Crippen molar-refractivity contribution >= 4 is 17.5 Å². The number of rotatable bonds is 12. The van der Waals surface area contributed by atoms with Gasteiger partial charge in [-0.15, -0.1) is 0 Å². The molecule has 2 N–H and O–H groups in total. The molecule has 0 saturated heterocycles. The van der Waals surface area contributed by atoms with E-state index in [1.165, 1.54) is 25.7 Å². The van der Waals surface area contributed by atoms with Crippen LogP contribution in [-0.4, -0.2) is 49.0 Å². The number of para-hydroxylation sites is 2. The minimum atomic E-state index is -0.773. The van der Waals surface area contributed by atoms with Crippen LogP contribution in [0.25, 0.3) is 0 Å². The maximum absolute atomic E-state index is 12.2. The Morgan fingerprint density at radius 2 is 1.78 bits per heavy atom. The molecule has 1 heterocycles. The lowest BCUT2D eigenvalue weighted by molar-refractivity contribution is -0.130. The van der Waals surface area contributed by atoms with Gasteiger partial charge >= 0.3 is 0 Å². The van der Waals surface area contributed by atoms with Crippen LogP contribution in [0.2, 0.25) is 0 Å². The predicted molar refractivity (Wildman–Crippen MR) is 108 cm³/mol. The van der Waals surface area contributed by atoms with Crippen LogP contribution in [0.4, 0.5) is 5.69 Å². The van der Waals surface area contributed by atoms with Crippen molar-refractivity contribution in [3.05, 3.63) is 24.3 Å². The van der Waals surface area contributed by atoms with Gasteiger partial charge in [0.05, 0.1) is 12.1 Å². The smallest absolute Gasteiger partial charge is 0.266 e. The van der Waals surface area contributed by atoms with Gasteiger partial charge in [-0.1, -0.05) is 38.8 Å². The van der Waals surface area contributed by atoms with E-state index in [4.69, 9.17) is 4.74 Å². The zero-order valence-electron chi connectivity index (χ0n) is 16.6. The van der Waals surface area contributed by atoms with Crippen molar-refractivity contribution in [1.82, 2.24) is 10.2 Å². The molecule has 1 aliphatic rings. The molecule has 0 saturated carbocycles. The molecule has 0 aromatic heterocycles. The van der Waals surface area contributed by atoms with Gasteiger partial charge in [0.2, 0.25) is 5.91 Å². The molecule has 6 nitrogen and oxygen atoms in total. The minimum Gasteiger partial charge on any atom is -0.478 e. The Morgan fingerprint density at radius 1 is 1.11 bits per heavy atom. The van der Waals surface area contributed by atoms with Gasteiger partial charge in [0.15, 0.2) is 6.10 Å². The Balaban J connectivity index is 1.69. The fraction of sp³-hybridized carbons (Fsp3) is 0.619. The highest BCUT2D eigenvalue weighted by atomic mass is 16.5. The molecule has 150 valence electrons. The molecular weight excluding hydrogens is 342 g/mol. The maximum Gasteiger partial charge on any atom is 0.266 e. The standard InChI is InChI=1S/C21H33N3O3/c1-3-5-13-24(14-6-4-2)15-9-12-22-20(25)16-19-21(26)23-17-10-7-8-11-18(17)27-19/h7-8,10-11,19H,3-6,9,12-16H2,1-2H3,(H,22,25)(H,23,26)/t19-/m1/s1. The summed E-state index contributed by atoms with van der Waals surface area (Å²) < 4.78 is 5.67. The minimum absolute atomic E-state index is 0.0373. The third-order valence-corrected chi connectivity index (χ3v) is 4.71. The van der Waals surface area contributed by atoms with Crippen LogP contribution in [0.15, 0.2) is 24.3 Å². The number of anilines is 1. The second-order valence-electron chi connectivity index (χ2n) is 7.05. The molecule has 0 aliphatic carbocycles. The number of ether oxygens (including phenoxy) is 1. The summed E-state index contributed by atoms with van der Waals surface area (Å²) >= 11 is 0. The molecule has 1 aromatic rings. The van der Waals surface area contributed by atoms with Gasteiger partial charge in [-0.3, -0.25) is 9.59 Å². The molecule has 0 radical (unpaired) electrons. The summed E-state index contributed by atoms with van der Waals surface area (Å²) in [4.78, 5) is 26.7. The van der Waals surface area contributed by atoms with Crippen LogP contribution in [0.1, 0.15) is 52.4 Å². The lowest BCUT2D eigenvalue weighted by atomic mass is 10.1. The second-order valence-corrected chi connectivity index (χ2v) is 7.05. The average molecular weight is 376 g/mol. The third-order valence-electron chi connectivity index (χ3n) is 4.71. The number of amides is 2. The van der Waals surface area contributed by atoms with E-state index >= 15 is 0 Å². The molecule has 2 amide bonds. The topological polar surface area (TPSA) is 70.7 Å². The van der Waals surface area contributed by atoms with Gasteiger partial charge in [-0.2, -0.15) is 0 Å². The molecule has 27 heavy (non-hydrogen) atoms. The number of benzene rings is 1. The highest BCUT2D eigenvalue weighted by molar-refractivity contribution is 5.99. The highest BCUT2D eigenvalue weighted by Gasteiger charge is 2.29. The zero-order valence-corrected chi connectivity index (χ0v) is 16.6. The number of carbonyl (C=O) groups excluding carboxylic acids is 2. The summed E-state index contributed by atoms with van der Waals surface area (Å²) in [6.07, 6.45) is 5.01. The SMILES string of the molecule is CCCCN(CCCC)CCCNC(=O)C[C@H]1Oc2ccccc2NC1=O. The summed E-state index contributed by atoms with van der Waals surface area (Å²) in [6, 6.07) is 7.25. The highest BCUT2D eigenvalue weighted by Crippen LogP contribution is 2.29. The first-order valence-corrected chi connectivity index (χ1v) is 10.2. The number of unbranched alkanes of at least 4 members (excludes halogenated alkanes) is 2. The Labute approximate surface area is 162 Å². The van der Waals surface area contributed by atoms with Crippen molar-refractivity contribution in [2.24, 2.45) is 0 Å². The normalized spacial score (nSPS) is 15.8. The lowest BCUT2D eigenvalue weighted by Gasteiger charge is -2.25. The van der Waals surface area contributed by atoms with Crippen LogP contribution in [-0.2, 0) is 9.59 Å². The average Bonchev–Trinajstić information content (AvgIpc) is 2.67. The van der Waals surface area contributed by atoms with Gasteiger partial charge < -0.3 is 20.3 Å². The first-order valence-electron chi connectivity index (χ1n) is 10.2. The number of nitrogens with zero attached hydrogens (tertiary/aromatic N) is 1. The molecular formula is C21H33N3O3. The number of fused-ring (bicyclic) bond motifs is 1. The molecule has 1 atom stereocenters. The fourth-order valence-corrected chi connectivity index (χ4v) is 3.10. The van der Waals surface area contributed by atoms with E-state index in [2.05, 4.69) is 29.4 Å². The van der Waals surface area contributed by atoms with E-state index in [9.17, 15) is 9.59 Å². The van der Waals surface area contributed by atoms with Crippen LogP contribution in [0.5, 0.6) is 5.75 Å². The summed E-state index contributed by atoms with van der Waals surface area (Å²) in [5.74, 6) is 0.190. The Hall–Kier alpha value is -2.08. The van der Waals surface area contributed by atoms with Crippen LogP contribution < -0.4 is 15.4 Å². The van der Waals surface area contributed by atoms with E-state index in [0.29, 0.717) is 18.0 Å². The van der Waals surface area contributed by atoms with Crippen LogP contribution in [0.3, 0.4) is 0 Å². The van der Waals surface area contributed by atoms with E-state index in [1.807, 2.05) is 12.1 Å². The summed E-state index contributed by atoms with van der Waals surface area (Å²) in [6.45, 7) is 8.28. The number of hydrogen-bond acceptors (Lipinski definition) is 4. The third kappa shape index (κ3) is 7.21. The molecule has 0 fully saturated rings. The van der Waals surface area contributed by atoms with Gasteiger partial charge in [-0.05, 0) is 51.0 Å². The molecule has 0 spiro atoms. The Kier molecular flexibility index (Phi) is 9.11. The molecule has 1 aromatic carbocycles. The van der Waals surface area contributed by atoms with Gasteiger partial charge in [0.1, 0.15) is 5.75 Å². The number of nitrogens with one attached hydrogen (secondary N) is 2. The second kappa shape index (κ2) is 11.6. The maximum atomic E-state index is 12.2. The van der Waals surface area contributed by atoms with E-state index in [0.717, 1.165) is 26.1 Å². The fourth-order valence-electron chi connectivity index (χ4n) is 3.10. The monoisotopic (exact) mass is 375 g/mol. The molecule has 6 heteroatoms. The van der Waals surface area contributed by atoms with Crippen LogP contribution >= 0.6 is 0 Å². The van der Waals surface area contributed by atoms with Crippen molar-refractivity contribution in [3.8, 4) is 5.75 Å². The van der Waals surface area contributed by atoms with Gasteiger partial charge in [-0.25, -0.2) is 0 Å². The van der Waals surface area contributed by atoms with E-state index in [1.54, 1.807) is 12.1 Å². The van der Waals surface area contributed by atoms with Crippen molar-refractivity contribution in [2.45, 2.75) is 58.5 Å². The van der Waals surface area contributed by atoms with Crippen molar-refractivity contribution in [2.75, 3.05) is 31.5 Å². The van der Waals surface area contributed by atoms with Gasteiger partial charge in [0.25, 0.3) is 5.91 Å². The summed E-state index contributed by atoms with van der Waals surface area (Å²) in [7, 11) is 0. The first-order chi connectivity index (χ1) is 13.1. The summed E-state index contributed by atoms with van der Waals surface area (Å²) in [5.41, 5.74) is 0.651. The lowest BCUT2D eigenvalue weighted by Crippen LogP contribution is -2.41. The summed E-state index contributed by atoms with van der Waals surface area (Å²) in [5, 5.41) is 5.70. The number of carbonyl (C=O) groups is 2. The quantitative estimate of drug-likeness (QED) is 0.551. The number of hydrogen-bond donors (Lipinski definition) is 2. The van der Waals surface area contributed by atoms with Crippen molar-refractivity contribution in [3.63, 3.8) is 0 Å². The molecule has 0 bridgehead atoms. The first kappa shape index (κ1) is 21.2. The largest absolute Gasteiger partial charge is 0.478 e. The Bertz CT molecular complexity index is 598. The van der Waals surface area contributed by atoms with E-state index in [-0.39, 0.29) is 18.2 Å². The molecule has 0 unspecified atom stereocenters. The zero-order chi connectivity index (χ0) is 19.5. The van der Waals surface area contributed by atoms with Gasteiger partial charge in [0, 0.05) is 6.54 Å². The van der Waals surface area contributed by atoms with Crippen molar-refractivity contribution in [1.29, 1.82) is 0 Å².